The summed E-state index contributed by atoms with van der Waals surface area (Å²) in [6.45, 7) is 20.8. The number of aromatic nitrogens is 12. The molecule has 0 radical (unpaired) electrons. The van der Waals surface area contributed by atoms with Crippen molar-refractivity contribution in [2.75, 3.05) is 39.6 Å². The van der Waals surface area contributed by atoms with Crippen molar-refractivity contribution in [3.63, 3.8) is 0 Å². The molecule has 0 saturated heterocycles. The van der Waals surface area contributed by atoms with E-state index in [1.165, 1.54) is 107 Å². The first-order chi connectivity index (χ1) is 70.2. The van der Waals surface area contributed by atoms with E-state index in [4.69, 9.17) is 54.9 Å². The van der Waals surface area contributed by atoms with Gasteiger partial charge >= 0.3 is 69.8 Å². The molecule has 16 rings (SSSR count). The SMILES string of the molecule is CCC#CCOc1nc2oc(=O)cc(CCC(C)C)c2c(=O)[nH]1.CCC#CCOc1nc2oc(=O)cc(CCC3CCC3)c2c(=O)[nH]1.CCC#CCOc1nc2oc(=O)cc(CCC3CCCC3)c2c(=O)[nH]1.CCC#CCOc1nc2oc(=O)cc(CCCC(C)C)c2c(=O)[nH]1.CCC#CCOc1nc2oc(=O)cc(CCCC3CC3)c2c(=O)[nH]1.CCCC#CCOc1nc2oc(=O)cc(CCCC3CC3)c2c(=O)[nH]1. The van der Waals surface area contributed by atoms with E-state index in [-0.39, 0.29) is 143 Å². The second-order valence-electron chi connectivity index (χ2n) is 36.1. The van der Waals surface area contributed by atoms with Gasteiger partial charge in [-0.3, -0.25) is 58.7 Å². The molecular formula is C109H126N12O24. The smallest absolute Gasteiger partial charge is 0.337 e. The van der Waals surface area contributed by atoms with Crippen LogP contribution in [0.4, 0.5) is 0 Å². The van der Waals surface area contributed by atoms with Crippen LogP contribution in [-0.2, 0) is 38.5 Å². The van der Waals surface area contributed by atoms with E-state index in [0.29, 0.717) is 128 Å². The Morgan fingerprint density at radius 3 is 0.731 bits per heavy atom. The molecule has 766 valence electrons. The van der Waals surface area contributed by atoms with Crippen molar-refractivity contribution in [3.8, 4) is 107 Å². The highest BCUT2D eigenvalue weighted by atomic mass is 16.5. The quantitative estimate of drug-likeness (QED) is 0.0204. The Hall–Kier alpha value is -15.3. The molecule has 0 bridgehead atoms. The fourth-order valence-electron chi connectivity index (χ4n) is 16.1. The molecule has 0 spiro atoms. The fraction of sp³-hybridized carbons (Fsp3) is 0.505. The van der Waals surface area contributed by atoms with Gasteiger partial charge < -0.3 is 54.9 Å². The van der Waals surface area contributed by atoms with E-state index in [0.717, 1.165) is 115 Å². The van der Waals surface area contributed by atoms with Gasteiger partial charge in [0, 0.05) is 74.9 Å². The van der Waals surface area contributed by atoms with Crippen molar-refractivity contribution in [2.45, 2.75) is 281 Å². The summed E-state index contributed by atoms with van der Waals surface area (Å²) in [5, 5.41) is 1.95. The third-order valence-corrected chi connectivity index (χ3v) is 23.8. The minimum Gasteiger partial charge on any atom is -0.451 e. The van der Waals surface area contributed by atoms with Crippen molar-refractivity contribution in [2.24, 2.45) is 35.5 Å². The summed E-state index contributed by atoms with van der Waals surface area (Å²) < 4.78 is 62.4. The van der Waals surface area contributed by atoms with Crippen molar-refractivity contribution in [3.05, 3.63) is 194 Å². The Labute approximate surface area is 834 Å². The maximum atomic E-state index is 12.4. The molecule has 4 saturated carbocycles. The average Bonchev–Trinajstić information content (AvgIpc) is 1.74. The lowest BCUT2D eigenvalue weighted by Gasteiger charge is -2.25. The Kier molecular flexibility index (Phi) is 43.4. The van der Waals surface area contributed by atoms with Crippen LogP contribution in [0, 0.1) is 107 Å². The minimum absolute atomic E-state index is 0.000355. The predicted octanol–water partition coefficient (Wildman–Crippen LogP) is 15.3. The highest BCUT2D eigenvalue weighted by molar-refractivity contribution is 5.80. The van der Waals surface area contributed by atoms with Gasteiger partial charge in [-0.2, -0.15) is 29.9 Å². The summed E-state index contributed by atoms with van der Waals surface area (Å²) in [6, 6.07) is 8.35. The lowest BCUT2D eigenvalue weighted by molar-refractivity contribution is 0.296. The Balaban J connectivity index is 0.000000166. The van der Waals surface area contributed by atoms with Crippen LogP contribution in [-0.4, -0.2) is 99.4 Å². The molecule has 12 aromatic rings. The summed E-state index contributed by atoms with van der Waals surface area (Å²) in [4.78, 5) is 185. The first-order valence-electron chi connectivity index (χ1n) is 50.1. The van der Waals surface area contributed by atoms with Gasteiger partial charge in [0.25, 0.3) is 33.4 Å². The van der Waals surface area contributed by atoms with Crippen molar-refractivity contribution in [1.29, 1.82) is 0 Å². The largest absolute Gasteiger partial charge is 0.451 e. The van der Waals surface area contributed by atoms with Crippen LogP contribution in [0.2, 0.25) is 0 Å². The number of nitrogens with zero attached hydrogens (tertiary/aromatic N) is 6. The van der Waals surface area contributed by atoms with Gasteiger partial charge in [-0.1, -0.05) is 201 Å². The normalized spacial score (nSPS) is 12.8. The number of hydrogen-bond acceptors (Lipinski definition) is 30. The molecule has 0 amide bonds. The maximum absolute atomic E-state index is 12.4. The number of aryl methyl sites for hydroxylation is 6. The number of hydrogen-bond donors (Lipinski definition) is 6. The number of rotatable bonds is 34. The van der Waals surface area contributed by atoms with Crippen LogP contribution < -0.4 is 95.5 Å². The third kappa shape index (κ3) is 35.4. The van der Waals surface area contributed by atoms with E-state index in [2.05, 4.69) is 159 Å². The first kappa shape index (κ1) is 110. The van der Waals surface area contributed by atoms with Gasteiger partial charge in [0.15, 0.2) is 39.6 Å². The van der Waals surface area contributed by atoms with Crippen LogP contribution in [0.15, 0.2) is 120 Å². The van der Waals surface area contributed by atoms with Crippen molar-refractivity contribution in [1.82, 2.24) is 59.8 Å². The Morgan fingerprint density at radius 1 is 0.276 bits per heavy atom. The van der Waals surface area contributed by atoms with Crippen LogP contribution >= 0.6 is 0 Å². The Morgan fingerprint density at radius 2 is 0.503 bits per heavy atom. The summed E-state index contributed by atoms with van der Waals surface area (Å²) >= 11 is 0. The molecule has 36 nitrogen and oxygen atoms in total. The molecule has 4 aliphatic carbocycles. The number of unbranched alkanes of at least 4 members (excludes halogenated alkanes) is 1. The van der Waals surface area contributed by atoms with Gasteiger partial charge in [0.2, 0.25) is 34.3 Å². The number of fused-ring (bicyclic) bond motifs is 6. The van der Waals surface area contributed by atoms with E-state index in [1.54, 1.807) is 0 Å². The lowest BCUT2D eigenvalue weighted by atomic mass is 9.81. The number of nitrogens with one attached hydrogen (secondary N) is 6. The van der Waals surface area contributed by atoms with E-state index in [9.17, 15) is 57.5 Å². The van der Waals surface area contributed by atoms with E-state index < -0.39 is 33.8 Å². The van der Waals surface area contributed by atoms with Crippen LogP contribution in [0.1, 0.15) is 276 Å². The zero-order valence-corrected chi connectivity index (χ0v) is 84.0. The molecule has 0 unspecified atom stereocenters. The summed E-state index contributed by atoms with van der Waals surface area (Å²) in [5.74, 6) is 38.0. The lowest BCUT2D eigenvalue weighted by Crippen LogP contribution is -2.17. The first-order valence-corrected chi connectivity index (χ1v) is 50.1. The molecule has 12 aromatic heterocycles. The molecule has 36 heteroatoms. The van der Waals surface area contributed by atoms with E-state index in [1.807, 2.05) is 41.5 Å². The van der Waals surface area contributed by atoms with Gasteiger partial charge in [-0.05, 0) is 152 Å². The van der Waals surface area contributed by atoms with Gasteiger partial charge in [-0.15, -0.1) is 29.6 Å². The molecule has 0 aliphatic heterocycles. The molecule has 0 aromatic carbocycles. The third-order valence-electron chi connectivity index (χ3n) is 23.8. The zero-order valence-electron chi connectivity index (χ0n) is 84.0. The second-order valence-corrected chi connectivity index (χ2v) is 36.1. The molecule has 6 N–H and O–H groups in total. The molecule has 12 heterocycles. The zero-order chi connectivity index (χ0) is 104. The van der Waals surface area contributed by atoms with Crippen LogP contribution in [0.25, 0.3) is 66.6 Å². The maximum Gasteiger partial charge on any atom is 0.337 e. The van der Waals surface area contributed by atoms with Crippen molar-refractivity contribution < 1.29 is 54.9 Å². The second kappa shape index (κ2) is 57.1. The van der Waals surface area contributed by atoms with Gasteiger partial charge in [-0.25, -0.2) is 28.8 Å². The molecule has 145 heavy (non-hydrogen) atoms. The monoisotopic (exact) mass is 1990 g/mol. The summed E-state index contributed by atoms with van der Waals surface area (Å²) in [6.07, 6.45) is 32.1. The molecule has 4 aliphatic rings. The summed E-state index contributed by atoms with van der Waals surface area (Å²) in [7, 11) is 0. The standard InChI is InChI=1S/2C19H22N2O4.2C18H20N2O4.C18H22N2O4.C17H20N2O4/c1-2-3-6-11-24-19-20-17(23)16-14(10-9-13-7-4-5-8-13)12-15(22)25-18(16)21-19;1-2-3-4-5-11-24-19-20-17(23)16-14(8-6-7-13-9-10-13)12-15(22)25-18(16)21-19;1-2-3-4-10-23-18-19-16(22)15-13(7-5-6-12-8-9-12)11-14(21)24-17(15)20-18;1-2-3-4-10-23-18-19-16(22)15-13(9-8-12-6-5-7-12)11-14(21)24-17(15)20-18;1-4-5-6-10-23-18-19-16(22)15-13(9-7-8-12(2)3)11-14(21)24-17(15)20-18;1-4-5-6-9-22-17-18-15(21)14-12(8-7-11(2)3)10-13(20)23-16(14)19-17/h12-13H,2,4-5,7-11H2,1H3,(H,20,21,23);12-13H,2-3,6-11H2,1H3,(H,20,21,23);2*11-12H,2,5-10H2,1H3,(H,19,20,22);11-12H,4,7-10H2,1-3H3,(H,19,20,22);10-11H,4,7-9H2,1-3H3,(H,18,19,21). The van der Waals surface area contributed by atoms with Crippen molar-refractivity contribution >= 4 is 66.6 Å². The number of aromatic amines is 6. The van der Waals surface area contributed by atoms with Crippen LogP contribution in [0.3, 0.4) is 0 Å². The highest BCUT2D eigenvalue weighted by Crippen LogP contribution is 2.36. The van der Waals surface area contributed by atoms with Gasteiger partial charge in [0.05, 0.1) is 0 Å². The van der Waals surface area contributed by atoms with Gasteiger partial charge in [0.1, 0.15) is 32.3 Å². The molecule has 0 atom stereocenters. The number of H-pyrrole nitrogens is 6. The predicted molar refractivity (Wildman–Crippen MR) is 550 cm³/mol. The summed E-state index contributed by atoms with van der Waals surface area (Å²) in [5.41, 5.74) is -1.04. The fourth-order valence-corrected chi connectivity index (χ4v) is 16.1. The number of ether oxygens (including phenoxy) is 6. The Bertz CT molecular complexity index is 7530. The average molecular weight is 1990 g/mol. The van der Waals surface area contributed by atoms with E-state index >= 15 is 0 Å². The minimum atomic E-state index is -0.522. The highest BCUT2D eigenvalue weighted by Gasteiger charge is 2.26. The van der Waals surface area contributed by atoms with Crippen LogP contribution in [0.5, 0.6) is 36.1 Å². The molecular weight excluding hydrogens is 1860 g/mol. The topological polar surface area (TPSA) is 511 Å². The molecule has 4 fully saturated rings.